The van der Waals surface area contributed by atoms with Crippen molar-refractivity contribution in [3.63, 3.8) is 0 Å². The van der Waals surface area contributed by atoms with Crippen LogP contribution in [0.25, 0.3) is 21.3 Å². The van der Waals surface area contributed by atoms with E-state index in [1.54, 1.807) is 0 Å². The SMILES string of the molecule is C[C@H](c1nc2scc(-c3ccccc3)c2c(=O)[nH]1)N1CCc2ccccc21. The van der Waals surface area contributed by atoms with Gasteiger partial charge in [0.2, 0.25) is 0 Å². The highest BCUT2D eigenvalue weighted by Crippen LogP contribution is 2.35. The summed E-state index contributed by atoms with van der Waals surface area (Å²) >= 11 is 1.53. The van der Waals surface area contributed by atoms with Crippen LogP contribution < -0.4 is 10.5 Å². The molecule has 1 aliphatic heterocycles. The molecule has 5 rings (SSSR count). The van der Waals surface area contributed by atoms with Crippen molar-refractivity contribution < 1.29 is 0 Å². The van der Waals surface area contributed by atoms with Crippen molar-refractivity contribution in [1.82, 2.24) is 9.97 Å². The number of aromatic amines is 1. The summed E-state index contributed by atoms with van der Waals surface area (Å²) in [7, 11) is 0. The molecule has 0 bridgehead atoms. The van der Waals surface area contributed by atoms with Crippen LogP contribution in [0.5, 0.6) is 0 Å². The van der Waals surface area contributed by atoms with Crippen molar-refractivity contribution in [2.24, 2.45) is 0 Å². The van der Waals surface area contributed by atoms with E-state index in [9.17, 15) is 4.79 Å². The number of H-pyrrole nitrogens is 1. The van der Waals surface area contributed by atoms with Crippen LogP contribution in [-0.2, 0) is 6.42 Å². The second-order valence-corrected chi connectivity index (χ2v) is 7.75. The van der Waals surface area contributed by atoms with Gasteiger partial charge in [-0.25, -0.2) is 4.98 Å². The van der Waals surface area contributed by atoms with Gasteiger partial charge in [-0.15, -0.1) is 11.3 Å². The second kappa shape index (κ2) is 6.35. The van der Waals surface area contributed by atoms with Crippen LogP contribution in [-0.4, -0.2) is 16.5 Å². The second-order valence-electron chi connectivity index (χ2n) is 6.89. The molecule has 0 amide bonds. The predicted octanol–water partition coefficient (Wildman–Crippen LogP) is 4.78. The van der Waals surface area contributed by atoms with Gasteiger partial charge in [-0.3, -0.25) is 4.79 Å². The number of anilines is 1. The molecule has 0 saturated carbocycles. The molecule has 1 N–H and O–H groups in total. The maximum Gasteiger partial charge on any atom is 0.260 e. The normalized spacial score (nSPS) is 14.5. The first-order valence-corrected chi connectivity index (χ1v) is 10.0. The molecule has 5 heteroatoms. The number of hydrogen-bond donors (Lipinski definition) is 1. The van der Waals surface area contributed by atoms with E-state index in [4.69, 9.17) is 4.98 Å². The fourth-order valence-electron chi connectivity index (χ4n) is 3.91. The summed E-state index contributed by atoms with van der Waals surface area (Å²) in [5, 5.41) is 2.71. The summed E-state index contributed by atoms with van der Waals surface area (Å²) in [6.07, 6.45) is 1.03. The Bertz CT molecular complexity index is 1180. The van der Waals surface area contributed by atoms with Crippen molar-refractivity contribution in [3.05, 3.63) is 81.7 Å². The molecule has 0 fully saturated rings. The maximum atomic E-state index is 12.9. The third kappa shape index (κ3) is 2.66. The van der Waals surface area contributed by atoms with Gasteiger partial charge in [0.1, 0.15) is 10.7 Å². The lowest BCUT2D eigenvalue weighted by atomic mass is 10.1. The zero-order chi connectivity index (χ0) is 18.4. The molecule has 2 aromatic carbocycles. The third-order valence-corrected chi connectivity index (χ3v) is 6.21. The van der Waals surface area contributed by atoms with E-state index in [1.165, 1.54) is 22.6 Å². The Balaban J connectivity index is 1.57. The number of aromatic nitrogens is 2. The van der Waals surface area contributed by atoms with Gasteiger partial charge < -0.3 is 9.88 Å². The topological polar surface area (TPSA) is 49.0 Å². The zero-order valence-corrected chi connectivity index (χ0v) is 15.8. The van der Waals surface area contributed by atoms with Gasteiger partial charge in [0.25, 0.3) is 5.56 Å². The number of nitrogens with zero attached hydrogens (tertiary/aromatic N) is 2. The fraction of sp³-hybridized carbons (Fsp3) is 0.182. The Morgan fingerprint density at radius 3 is 2.74 bits per heavy atom. The highest BCUT2D eigenvalue weighted by molar-refractivity contribution is 7.17. The van der Waals surface area contributed by atoms with E-state index in [0.29, 0.717) is 5.39 Å². The average molecular weight is 373 g/mol. The van der Waals surface area contributed by atoms with Crippen LogP contribution >= 0.6 is 11.3 Å². The van der Waals surface area contributed by atoms with E-state index in [1.807, 2.05) is 35.7 Å². The zero-order valence-electron chi connectivity index (χ0n) is 15.0. The molecule has 0 spiro atoms. The van der Waals surface area contributed by atoms with Gasteiger partial charge >= 0.3 is 0 Å². The number of thiophene rings is 1. The Hall–Kier alpha value is -2.92. The Morgan fingerprint density at radius 2 is 1.89 bits per heavy atom. The van der Waals surface area contributed by atoms with Crippen molar-refractivity contribution in [1.29, 1.82) is 0 Å². The Labute approximate surface area is 161 Å². The van der Waals surface area contributed by atoms with Gasteiger partial charge in [0.05, 0.1) is 11.4 Å². The molecule has 0 aliphatic carbocycles. The van der Waals surface area contributed by atoms with E-state index in [-0.39, 0.29) is 11.6 Å². The summed E-state index contributed by atoms with van der Waals surface area (Å²) in [5.74, 6) is 0.727. The first-order chi connectivity index (χ1) is 13.2. The van der Waals surface area contributed by atoms with Gasteiger partial charge in [-0.05, 0) is 30.5 Å². The highest BCUT2D eigenvalue weighted by atomic mass is 32.1. The van der Waals surface area contributed by atoms with Crippen molar-refractivity contribution in [2.75, 3.05) is 11.4 Å². The number of hydrogen-bond acceptors (Lipinski definition) is 4. The van der Waals surface area contributed by atoms with Gasteiger partial charge in [-0.2, -0.15) is 0 Å². The van der Waals surface area contributed by atoms with Crippen LogP contribution in [0.4, 0.5) is 5.69 Å². The van der Waals surface area contributed by atoms with Gasteiger partial charge in [0, 0.05) is 23.2 Å². The molecular formula is C22H19N3OS. The molecule has 27 heavy (non-hydrogen) atoms. The number of benzene rings is 2. The molecule has 0 unspecified atom stereocenters. The highest BCUT2D eigenvalue weighted by Gasteiger charge is 2.26. The third-order valence-electron chi connectivity index (χ3n) is 5.33. The quantitative estimate of drug-likeness (QED) is 0.562. The minimum atomic E-state index is -0.0607. The van der Waals surface area contributed by atoms with Crippen molar-refractivity contribution >= 4 is 27.2 Å². The summed E-state index contributed by atoms with van der Waals surface area (Å²) in [6, 6.07) is 18.5. The van der Waals surface area contributed by atoms with E-state index in [0.717, 1.165) is 34.7 Å². The molecular weight excluding hydrogens is 354 g/mol. The van der Waals surface area contributed by atoms with Crippen LogP contribution in [0.2, 0.25) is 0 Å². The molecule has 3 heterocycles. The number of rotatable bonds is 3. The molecule has 0 saturated heterocycles. The predicted molar refractivity (Wildman–Crippen MR) is 112 cm³/mol. The summed E-state index contributed by atoms with van der Waals surface area (Å²) in [6.45, 7) is 3.06. The van der Waals surface area contributed by atoms with Crippen molar-refractivity contribution in [3.8, 4) is 11.1 Å². The minimum absolute atomic E-state index is 0.0213. The Kier molecular flexibility index (Phi) is 3.83. The molecule has 2 aromatic heterocycles. The van der Waals surface area contributed by atoms with Crippen LogP contribution in [0.3, 0.4) is 0 Å². The molecule has 1 aliphatic rings. The minimum Gasteiger partial charge on any atom is -0.361 e. The maximum absolute atomic E-state index is 12.9. The average Bonchev–Trinajstić information content (AvgIpc) is 3.33. The standard InChI is InChI=1S/C22H19N3OS/c1-14(25-12-11-16-9-5-6-10-18(16)25)20-23-21(26)19-17(13-27-22(19)24-20)15-7-3-2-4-8-15/h2-10,13-14H,11-12H2,1H3,(H,23,24,26)/t14-/m1/s1. The molecule has 134 valence electrons. The molecule has 4 aromatic rings. The molecule has 0 radical (unpaired) electrons. The lowest BCUT2D eigenvalue weighted by Crippen LogP contribution is -2.27. The summed E-state index contributed by atoms with van der Waals surface area (Å²) in [4.78, 5) is 23.9. The lowest BCUT2D eigenvalue weighted by molar-refractivity contribution is 0.654. The number of nitrogens with one attached hydrogen (secondary N) is 1. The first-order valence-electron chi connectivity index (χ1n) is 9.14. The van der Waals surface area contributed by atoms with E-state index >= 15 is 0 Å². The van der Waals surface area contributed by atoms with Gasteiger partial charge in [0.15, 0.2) is 0 Å². The van der Waals surface area contributed by atoms with Crippen LogP contribution in [0.1, 0.15) is 24.4 Å². The van der Waals surface area contributed by atoms with E-state index < -0.39 is 0 Å². The van der Waals surface area contributed by atoms with Gasteiger partial charge in [-0.1, -0.05) is 48.5 Å². The smallest absolute Gasteiger partial charge is 0.260 e. The summed E-state index contributed by atoms with van der Waals surface area (Å²) in [5.41, 5.74) is 4.54. The largest absolute Gasteiger partial charge is 0.361 e. The summed E-state index contributed by atoms with van der Waals surface area (Å²) < 4.78 is 0. The Morgan fingerprint density at radius 1 is 1.11 bits per heavy atom. The fourth-order valence-corrected chi connectivity index (χ4v) is 4.86. The van der Waals surface area contributed by atoms with Crippen molar-refractivity contribution in [2.45, 2.75) is 19.4 Å². The molecule has 1 atom stereocenters. The van der Waals surface area contributed by atoms with Crippen LogP contribution in [0.15, 0.2) is 64.8 Å². The lowest BCUT2D eigenvalue weighted by Gasteiger charge is -2.26. The molecule has 4 nitrogen and oxygen atoms in total. The van der Waals surface area contributed by atoms with E-state index in [2.05, 4.69) is 41.1 Å². The monoisotopic (exact) mass is 373 g/mol. The number of fused-ring (bicyclic) bond motifs is 2. The van der Waals surface area contributed by atoms with Crippen LogP contribution in [0, 0.1) is 0 Å². The first kappa shape index (κ1) is 16.3. The number of para-hydroxylation sites is 1.